The van der Waals surface area contributed by atoms with Crippen LogP contribution in [0.4, 0.5) is 4.39 Å². The van der Waals surface area contributed by atoms with E-state index in [0.717, 1.165) is 34.1 Å². The lowest BCUT2D eigenvalue weighted by atomic mass is 9.79. The summed E-state index contributed by atoms with van der Waals surface area (Å²) in [6.07, 6.45) is 2.19. The Hall–Kier alpha value is -2.61. The van der Waals surface area contributed by atoms with Crippen molar-refractivity contribution in [3.63, 3.8) is 0 Å². The summed E-state index contributed by atoms with van der Waals surface area (Å²) in [7, 11) is 0. The summed E-state index contributed by atoms with van der Waals surface area (Å²) in [5, 5.41) is 18.2. The van der Waals surface area contributed by atoms with Gasteiger partial charge in [0.05, 0.1) is 16.6 Å². The number of rotatable bonds is 9. The van der Waals surface area contributed by atoms with E-state index in [1.54, 1.807) is 24.3 Å². The second kappa shape index (κ2) is 10.8. The molecule has 1 aromatic heterocycles. The van der Waals surface area contributed by atoms with E-state index in [1.165, 1.54) is 12.1 Å². The highest BCUT2D eigenvalue weighted by molar-refractivity contribution is 6.38. The molecular weight excluding hydrogens is 504 g/mol. The number of nitrogens with one attached hydrogen (secondary N) is 3. The maximum Gasteiger partial charge on any atom is 0.329 e. The molecule has 0 bridgehead atoms. The summed E-state index contributed by atoms with van der Waals surface area (Å²) in [6.45, 7) is 4.45. The first-order chi connectivity index (χ1) is 17.1. The number of hydrogen-bond donors (Lipinski definition) is 4. The van der Waals surface area contributed by atoms with Crippen molar-refractivity contribution in [2.75, 3.05) is 6.54 Å². The summed E-state index contributed by atoms with van der Waals surface area (Å²) in [5.41, 5.74) is 1.95. The minimum Gasteiger partial charge on any atom is -0.479 e. The van der Waals surface area contributed by atoms with Gasteiger partial charge in [-0.05, 0) is 67.1 Å². The van der Waals surface area contributed by atoms with Crippen LogP contribution >= 0.6 is 23.2 Å². The van der Waals surface area contributed by atoms with Crippen molar-refractivity contribution in [1.82, 2.24) is 15.6 Å². The molecule has 0 fully saturated rings. The molecule has 0 saturated heterocycles. The van der Waals surface area contributed by atoms with Crippen LogP contribution in [0.15, 0.2) is 36.4 Å². The number of halogens is 3. The van der Waals surface area contributed by atoms with Gasteiger partial charge in [0, 0.05) is 22.5 Å². The molecule has 3 aromatic rings. The Morgan fingerprint density at radius 2 is 1.94 bits per heavy atom. The van der Waals surface area contributed by atoms with Gasteiger partial charge < -0.3 is 20.7 Å². The molecule has 0 saturated carbocycles. The third-order valence-electron chi connectivity index (χ3n) is 7.26. The van der Waals surface area contributed by atoms with Crippen molar-refractivity contribution in [2.24, 2.45) is 5.92 Å². The van der Waals surface area contributed by atoms with E-state index >= 15 is 0 Å². The summed E-state index contributed by atoms with van der Waals surface area (Å²) in [6, 6.07) is 9.10. The van der Waals surface area contributed by atoms with Crippen molar-refractivity contribution >= 4 is 46.0 Å². The van der Waals surface area contributed by atoms with Gasteiger partial charge in [-0.1, -0.05) is 55.6 Å². The van der Waals surface area contributed by atoms with E-state index in [1.807, 2.05) is 13.8 Å². The number of carboxylic acids is 1. The van der Waals surface area contributed by atoms with Crippen molar-refractivity contribution in [1.29, 1.82) is 0 Å². The normalized spacial score (nSPS) is 19.0. The quantitative estimate of drug-likeness (QED) is 0.300. The molecule has 4 rings (SSSR count). The predicted molar refractivity (Wildman–Crippen MR) is 140 cm³/mol. The molecule has 4 N–H and O–H groups in total. The first kappa shape index (κ1) is 26.5. The van der Waals surface area contributed by atoms with E-state index in [4.69, 9.17) is 23.2 Å². The minimum atomic E-state index is -1.45. The van der Waals surface area contributed by atoms with Gasteiger partial charge in [-0.15, -0.1) is 0 Å². The van der Waals surface area contributed by atoms with Crippen LogP contribution in [-0.2, 0) is 28.9 Å². The van der Waals surface area contributed by atoms with E-state index in [0.29, 0.717) is 29.4 Å². The lowest BCUT2D eigenvalue weighted by Gasteiger charge is -2.36. The van der Waals surface area contributed by atoms with Gasteiger partial charge in [0.2, 0.25) is 5.91 Å². The fourth-order valence-corrected chi connectivity index (χ4v) is 5.48. The number of benzene rings is 2. The van der Waals surface area contributed by atoms with Gasteiger partial charge in [0.15, 0.2) is 0 Å². The van der Waals surface area contributed by atoms with E-state index in [-0.39, 0.29) is 30.5 Å². The number of carboxylic acid groups (broad SMARTS) is 1. The Morgan fingerprint density at radius 3 is 2.61 bits per heavy atom. The lowest BCUT2D eigenvalue weighted by molar-refractivity contribution is -0.148. The minimum absolute atomic E-state index is 0.0195. The topological polar surface area (TPSA) is 94.2 Å². The standard InChI is InChI=1S/C27H30Cl2FN3O3/c1-3-15(2)23(31-11-9-16-4-6-18(30)7-5-16)25(34)33-27(26(35)36)10-8-22-20(14-27)19-12-17(28)13-21(29)24(19)32-22/h4-7,12-13,15,23,31-32H,3,8-11,14H2,1-2H3,(H,33,34)(H,35,36). The molecule has 0 radical (unpaired) electrons. The molecule has 36 heavy (non-hydrogen) atoms. The van der Waals surface area contributed by atoms with Crippen molar-refractivity contribution in [2.45, 2.75) is 57.5 Å². The number of aliphatic carboxylic acids is 1. The van der Waals surface area contributed by atoms with Crippen LogP contribution < -0.4 is 10.6 Å². The molecule has 3 atom stereocenters. The van der Waals surface area contributed by atoms with E-state index in [2.05, 4.69) is 15.6 Å². The number of aromatic amines is 1. The van der Waals surface area contributed by atoms with Crippen LogP contribution in [0.1, 0.15) is 43.5 Å². The van der Waals surface area contributed by atoms with Gasteiger partial charge in [-0.3, -0.25) is 4.79 Å². The highest BCUT2D eigenvalue weighted by atomic mass is 35.5. The molecule has 0 aliphatic heterocycles. The molecule has 3 unspecified atom stereocenters. The smallest absolute Gasteiger partial charge is 0.329 e. The largest absolute Gasteiger partial charge is 0.479 e. The summed E-state index contributed by atoms with van der Waals surface area (Å²) < 4.78 is 13.2. The second-order valence-electron chi connectivity index (χ2n) is 9.64. The number of hydrogen-bond acceptors (Lipinski definition) is 3. The fraction of sp³-hybridized carbons (Fsp3) is 0.407. The van der Waals surface area contributed by atoms with Gasteiger partial charge >= 0.3 is 5.97 Å². The summed E-state index contributed by atoms with van der Waals surface area (Å²) in [5.74, 6) is -1.73. The first-order valence-electron chi connectivity index (χ1n) is 12.1. The number of carbonyl (C=O) groups is 2. The zero-order valence-corrected chi connectivity index (χ0v) is 21.8. The van der Waals surface area contributed by atoms with Crippen LogP contribution in [-0.4, -0.2) is 40.1 Å². The fourth-order valence-electron chi connectivity index (χ4n) is 4.94. The maximum absolute atomic E-state index is 13.5. The lowest BCUT2D eigenvalue weighted by Crippen LogP contribution is -2.62. The second-order valence-corrected chi connectivity index (χ2v) is 10.5. The molecule has 2 aromatic carbocycles. The SMILES string of the molecule is CCC(C)C(NCCc1ccc(F)cc1)C(=O)NC1(C(=O)O)CCc2[nH]c3c(Cl)cc(Cl)cc3c2C1. The molecular formula is C27H30Cl2FN3O3. The average Bonchev–Trinajstić information content (AvgIpc) is 3.20. The number of H-pyrrole nitrogens is 1. The molecule has 6 nitrogen and oxygen atoms in total. The Labute approximate surface area is 219 Å². The van der Waals surface area contributed by atoms with Crippen LogP contribution in [0.25, 0.3) is 10.9 Å². The van der Waals surface area contributed by atoms with E-state index < -0.39 is 17.6 Å². The number of carbonyl (C=O) groups excluding carboxylic acids is 1. The molecule has 1 heterocycles. The van der Waals surface area contributed by atoms with Crippen molar-refractivity contribution < 1.29 is 19.1 Å². The molecule has 192 valence electrons. The molecule has 1 aliphatic rings. The number of aryl methyl sites for hydroxylation is 1. The van der Waals surface area contributed by atoms with Crippen molar-refractivity contribution in [3.8, 4) is 0 Å². The maximum atomic E-state index is 13.5. The van der Waals surface area contributed by atoms with Gasteiger partial charge in [0.1, 0.15) is 11.4 Å². The van der Waals surface area contributed by atoms with Crippen LogP contribution in [0, 0.1) is 11.7 Å². The number of fused-ring (bicyclic) bond motifs is 3. The van der Waals surface area contributed by atoms with Gasteiger partial charge in [0.25, 0.3) is 0 Å². The predicted octanol–water partition coefficient (Wildman–Crippen LogP) is 5.29. The van der Waals surface area contributed by atoms with Gasteiger partial charge in [-0.25, -0.2) is 9.18 Å². The van der Waals surface area contributed by atoms with Crippen LogP contribution in [0.3, 0.4) is 0 Å². The molecule has 0 spiro atoms. The first-order valence-corrected chi connectivity index (χ1v) is 12.9. The van der Waals surface area contributed by atoms with Gasteiger partial charge in [-0.2, -0.15) is 0 Å². The Bertz CT molecular complexity index is 1280. The third kappa shape index (κ3) is 5.38. The highest BCUT2D eigenvalue weighted by Crippen LogP contribution is 2.38. The van der Waals surface area contributed by atoms with E-state index in [9.17, 15) is 19.1 Å². The average molecular weight is 534 g/mol. The summed E-state index contributed by atoms with van der Waals surface area (Å²) >= 11 is 12.6. The number of aromatic nitrogens is 1. The van der Waals surface area contributed by atoms with Crippen LogP contribution in [0.5, 0.6) is 0 Å². The van der Waals surface area contributed by atoms with Crippen molar-refractivity contribution in [3.05, 3.63) is 69.1 Å². The zero-order valence-electron chi connectivity index (χ0n) is 20.3. The Kier molecular flexibility index (Phi) is 7.93. The Balaban J connectivity index is 1.54. The molecule has 1 amide bonds. The Morgan fingerprint density at radius 1 is 1.22 bits per heavy atom. The highest BCUT2D eigenvalue weighted by Gasteiger charge is 2.45. The van der Waals surface area contributed by atoms with Crippen LogP contribution in [0.2, 0.25) is 10.0 Å². The molecule has 9 heteroatoms. The third-order valence-corrected chi connectivity index (χ3v) is 7.78. The summed E-state index contributed by atoms with van der Waals surface area (Å²) in [4.78, 5) is 29.4. The monoisotopic (exact) mass is 533 g/mol. The molecule has 1 aliphatic carbocycles. The number of amides is 1. The zero-order chi connectivity index (χ0) is 26.0.